The molecule has 1 fully saturated rings. The van der Waals surface area contributed by atoms with Crippen LogP contribution in [0.15, 0.2) is 42.5 Å². The minimum Gasteiger partial charge on any atom is -0.454 e. The van der Waals surface area contributed by atoms with E-state index in [1.807, 2.05) is 18.2 Å². The number of aromatic amines is 1. The Morgan fingerprint density at radius 1 is 1.11 bits per heavy atom. The fraction of sp³-hybridized carbons (Fsp3) is 0.200. The van der Waals surface area contributed by atoms with Crippen LogP contribution in [-0.2, 0) is 0 Å². The fourth-order valence-corrected chi connectivity index (χ4v) is 3.32. The molecule has 27 heavy (non-hydrogen) atoms. The SMILES string of the molecule is O=C(Nc1c(-c2ccc3c(c2)OCO3)n[nH]c1C1CC1)c1ccc(Cl)cc1. The molecule has 2 N–H and O–H groups in total. The fourth-order valence-electron chi connectivity index (χ4n) is 3.19. The van der Waals surface area contributed by atoms with E-state index in [1.165, 1.54) is 0 Å². The Morgan fingerprint density at radius 3 is 2.67 bits per heavy atom. The summed E-state index contributed by atoms with van der Waals surface area (Å²) in [5.74, 6) is 1.60. The lowest BCUT2D eigenvalue weighted by Crippen LogP contribution is -2.13. The Kier molecular flexibility index (Phi) is 3.79. The zero-order valence-electron chi connectivity index (χ0n) is 14.3. The molecule has 7 heteroatoms. The van der Waals surface area contributed by atoms with Gasteiger partial charge in [-0.3, -0.25) is 9.89 Å². The number of fused-ring (bicyclic) bond motifs is 1. The second-order valence-electron chi connectivity index (χ2n) is 6.66. The number of anilines is 1. The number of aromatic nitrogens is 2. The molecule has 3 aromatic rings. The maximum Gasteiger partial charge on any atom is 0.255 e. The normalized spacial score (nSPS) is 15.0. The standard InChI is InChI=1S/C20H16ClN3O3/c21-14-6-3-12(4-7-14)20(25)22-19-17(11-1-2-11)23-24-18(19)13-5-8-15-16(9-13)27-10-26-15/h3-9,11H,1-2,10H2,(H,22,25)(H,23,24). The van der Waals surface area contributed by atoms with Gasteiger partial charge < -0.3 is 14.8 Å². The summed E-state index contributed by atoms with van der Waals surface area (Å²) in [5, 5.41) is 11.2. The van der Waals surface area contributed by atoms with Crippen molar-refractivity contribution in [3.63, 3.8) is 0 Å². The molecule has 0 radical (unpaired) electrons. The molecule has 1 amide bonds. The Balaban J connectivity index is 1.51. The van der Waals surface area contributed by atoms with Gasteiger partial charge in [0.1, 0.15) is 5.69 Å². The third-order valence-corrected chi connectivity index (χ3v) is 5.02. The first-order valence-corrected chi connectivity index (χ1v) is 9.12. The van der Waals surface area contributed by atoms with Gasteiger partial charge in [-0.05, 0) is 55.3 Å². The quantitative estimate of drug-likeness (QED) is 0.693. The van der Waals surface area contributed by atoms with Crippen molar-refractivity contribution in [2.24, 2.45) is 0 Å². The highest BCUT2D eigenvalue weighted by Crippen LogP contribution is 2.46. The number of amides is 1. The summed E-state index contributed by atoms with van der Waals surface area (Å²) >= 11 is 5.92. The third kappa shape index (κ3) is 3.02. The van der Waals surface area contributed by atoms with Crippen LogP contribution >= 0.6 is 11.6 Å². The molecule has 1 saturated carbocycles. The molecule has 136 valence electrons. The summed E-state index contributed by atoms with van der Waals surface area (Å²) in [5.41, 5.74) is 3.77. The van der Waals surface area contributed by atoms with Crippen molar-refractivity contribution < 1.29 is 14.3 Å². The van der Waals surface area contributed by atoms with Crippen molar-refractivity contribution in [3.05, 3.63) is 58.7 Å². The molecule has 2 aliphatic rings. The van der Waals surface area contributed by atoms with Gasteiger partial charge in [-0.2, -0.15) is 5.10 Å². The molecule has 0 spiro atoms. The van der Waals surface area contributed by atoms with E-state index in [0.717, 1.165) is 29.8 Å². The molecule has 0 atom stereocenters. The first-order chi connectivity index (χ1) is 13.2. The summed E-state index contributed by atoms with van der Waals surface area (Å²) in [4.78, 5) is 12.7. The van der Waals surface area contributed by atoms with E-state index < -0.39 is 0 Å². The zero-order valence-corrected chi connectivity index (χ0v) is 15.0. The zero-order chi connectivity index (χ0) is 18.4. The number of rotatable bonds is 4. The highest BCUT2D eigenvalue weighted by molar-refractivity contribution is 6.30. The molecule has 0 unspecified atom stereocenters. The van der Waals surface area contributed by atoms with E-state index in [0.29, 0.717) is 33.7 Å². The molecule has 1 aliphatic heterocycles. The van der Waals surface area contributed by atoms with E-state index in [-0.39, 0.29) is 12.7 Å². The van der Waals surface area contributed by atoms with Gasteiger partial charge in [-0.25, -0.2) is 0 Å². The van der Waals surface area contributed by atoms with Gasteiger partial charge >= 0.3 is 0 Å². The summed E-state index contributed by atoms with van der Waals surface area (Å²) < 4.78 is 10.8. The van der Waals surface area contributed by atoms with Crippen molar-refractivity contribution in [1.82, 2.24) is 10.2 Å². The van der Waals surface area contributed by atoms with Crippen molar-refractivity contribution >= 4 is 23.2 Å². The lowest BCUT2D eigenvalue weighted by molar-refractivity contribution is 0.102. The molecule has 6 nitrogen and oxygen atoms in total. The maximum absolute atomic E-state index is 12.7. The lowest BCUT2D eigenvalue weighted by Gasteiger charge is -2.09. The monoisotopic (exact) mass is 381 g/mol. The van der Waals surface area contributed by atoms with Crippen LogP contribution in [0.1, 0.15) is 34.8 Å². The summed E-state index contributed by atoms with van der Waals surface area (Å²) in [6.45, 7) is 0.215. The van der Waals surface area contributed by atoms with Crippen LogP contribution in [0.25, 0.3) is 11.3 Å². The number of hydrogen-bond donors (Lipinski definition) is 2. The van der Waals surface area contributed by atoms with Crippen molar-refractivity contribution in [1.29, 1.82) is 0 Å². The molecular weight excluding hydrogens is 366 g/mol. The molecular formula is C20H16ClN3O3. The number of nitrogens with zero attached hydrogens (tertiary/aromatic N) is 1. The van der Waals surface area contributed by atoms with E-state index in [4.69, 9.17) is 21.1 Å². The van der Waals surface area contributed by atoms with Gasteiger partial charge in [-0.15, -0.1) is 0 Å². The Hall–Kier alpha value is -2.99. The smallest absolute Gasteiger partial charge is 0.255 e. The molecule has 2 heterocycles. The number of carbonyl (C=O) groups excluding carboxylic acids is 1. The van der Waals surface area contributed by atoms with E-state index >= 15 is 0 Å². The Bertz CT molecular complexity index is 1030. The highest BCUT2D eigenvalue weighted by atomic mass is 35.5. The molecule has 1 aliphatic carbocycles. The van der Waals surface area contributed by atoms with Crippen molar-refractivity contribution in [3.8, 4) is 22.8 Å². The van der Waals surface area contributed by atoms with Crippen LogP contribution in [0, 0.1) is 0 Å². The van der Waals surface area contributed by atoms with Crippen LogP contribution in [-0.4, -0.2) is 22.9 Å². The minimum atomic E-state index is -0.197. The van der Waals surface area contributed by atoms with Crippen LogP contribution in [0.3, 0.4) is 0 Å². The second-order valence-corrected chi connectivity index (χ2v) is 7.10. The van der Waals surface area contributed by atoms with Crippen LogP contribution in [0.4, 0.5) is 5.69 Å². The number of hydrogen-bond acceptors (Lipinski definition) is 4. The number of ether oxygens (including phenoxy) is 2. The predicted octanol–water partition coefficient (Wildman–Crippen LogP) is 4.59. The average molecular weight is 382 g/mol. The van der Waals surface area contributed by atoms with Gasteiger partial charge in [0.05, 0.1) is 11.4 Å². The molecule has 1 aromatic heterocycles. The predicted molar refractivity (Wildman–Crippen MR) is 102 cm³/mol. The van der Waals surface area contributed by atoms with Gasteiger partial charge in [0, 0.05) is 22.1 Å². The molecule has 0 bridgehead atoms. The van der Waals surface area contributed by atoms with Gasteiger partial charge in [-0.1, -0.05) is 11.6 Å². The Morgan fingerprint density at radius 2 is 1.89 bits per heavy atom. The first kappa shape index (κ1) is 16.2. The number of benzene rings is 2. The Labute approximate surface area is 160 Å². The van der Waals surface area contributed by atoms with Gasteiger partial charge in [0.2, 0.25) is 6.79 Å². The van der Waals surface area contributed by atoms with E-state index in [2.05, 4.69) is 15.5 Å². The largest absolute Gasteiger partial charge is 0.454 e. The van der Waals surface area contributed by atoms with Crippen LogP contribution in [0.2, 0.25) is 5.02 Å². The third-order valence-electron chi connectivity index (χ3n) is 4.77. The van der Waals surface area contributed by atoms with Crippen molar-refractivity contribution in [2.45, 2.75) is 18.8 Å². The summed E-state index contributed by atoms with van der Waals surface area (Å²) in [7, 11) is 0. The number of H-pyrrole nitrogens is 1. The number of nitrogens with one attached hydrogen (secondary N) is 2. The molecule has 0 saturated heterocycles. The van der Waals surface area contributed by atoms with Gasteiger partial charge in [0.25, 0.3) is 5.91 Å². The molecule has 5 rings (SSSR count). The van der Waals surface area contributed by atoms with Crippen LogP contribution < -0.4 is 14.8 Å². The lowest BCUT2D eigenvalue weighted by atomic mass is 10.1. The van der Waals surface area contributed by atoms with Crippen molar-refractivity contribution in [2.75, 3.05) is 12.1 Å². The number of halogens is 1. The van der Waals surface area contributed by atoms with E-state index in [9.17, 15) is 4.79 Å². The summed E-state index contributed by atoms with van der Waals surface area (Å²) in [6.07, 6.45) is 2.18. The summed E-state index contributed by atoms with van der Waals surface area (Å²) in [6, 6.07) is 12.5. The van der Waals surface area contributed by atoms with Gasteiger partial charge in [0.15, 0.2) is 11.5 Å². The van der Waals surface area contributed by atoms with E-state index in [1.54, 1.807) is 24.3 Å². The average Bonchev–Trinajstić information content (AvgIpc) is 3.26. The topological polar surface area (TPSA) is 76.2 Å². The minimum absolute atomic E-state index is 0.197. The molecule has 2 aromatic carbocycles. The second kappa shape index (κ2) is 6.32. The first-order valence-electron chi connectivity index (χ1n) is 8.74. The number of carbonyl (C=O) groups is 1. The highest BCUT2D eigenvalue weighted by Gasteiger charge is 2.31. The maximum atomic E-state index is 12.7. The van der Waals surface area contributed by atoms with Crippen LogP contribution in [0.5, 0.6) is 11.5 Å².